The molecule has 0 aliphatic rings. The van der Waals surface area contributed by atoms with E-state index in [0.717, 1.165) is 12.8 Å². The summed E-state index contributed by atoms with van der Waals surface area (Å²) in [6, 6.07) is 2.16. The first-order valence-corrected chi connectivity index (χ1v) is 5.10. The molecular weight excluding hydrogens is 178 g/mol. The molecule has 1 unspecified atom stereocenters. The van der Waals surface area contributed by atoms with Gasteiger partial charge in [0.05, 0.1) is 12.7 Å². The molecule has 0 spiro atoms. The van der Waals surface area contributed by atoms with Crippen molar-refractivity contribution in [3.8, 4) is 6.07 Å². The summed E-state index contributed by atoms with van der Waals surface area (Å²) in [4.78, 5) is 11.1. The smallest absolute Gasteiger partial charge is 0.305 e. The summed E-state index contributed by atoms with van der Waals surface area (Å²) in [6.07, 6.45) is 2.57. The summed E-state index contributed by atoms with van der Waals surface area (Å²) in [5.74, 6) is -0.162. The zero-order valence-corrected chi connectivity index (χ0v) is 9.30. The van der Waals surface area contributed by atoms with Crippen LogP contribution in [-0.2, 0) is 9.53 Å². The van der Waals surface area contributed by atoms with E-state index in [1.54, 1.807) is 6.92 Å². The van der Waals surface area contributed by atoms with E-state index in [9.17, 15) is 4.79 Å². The summed E-state index contributed by atoms with van der Waals surface area (Å²) in [7, 11) is 0. The van der Waals surface area contributed by atoms with Gasteiger partial charge in [0, 0.05) is 12.8 Å². The average Bonchev–Trinajstić information content (AvgIpc) is 2.16. The second-order valence-electron chi connectivity index (χ2n) is 3.80. The van der Waals surface area contributed by atoms with Gasteiger partial charge in [-0.25, -0.2) is 0 Å². The van der Waals surface area contributed by atoms with Crippen molar-refractivity contribution >= 4 is 5.97 Å². The number of hydrogen-bond donors (Lipinski definition) is 0. The Labute approximate surface area is 86.1 Å². The predicted octanol–water partition coefficient (Wildman–Crippen LogP) is 2.66. The minimum Gasteiger partial charge on any atom is -0.466 e. The molecule has 0 radical (unpaired) electrons. The molecule has 0 saturated heterocycles. The van der Waals surface area contributed by atoms with Crippen LogP contribution >= 0.6 is 0 Å². The third kappa shape index (κ3) is 4.86. The number of nitriles is 1. The highest BCUT2D eigenvalue weighted by atomic mass is 16.5. The van der Waals surface area contributed by atoms with E-state index < -0.39 is 0 Å². The van der Waals surface area contributed by atoms with Gasteiger partial charge in [-0.05, 0) is 25.2 Å². The molecular formula is C11H19NO2. The lowest BCUT2D eigenvalue weighted by Crippen LogP contribution is -2.17. The van der Waals surface area contributed by atoms with E-state index in [2.05, 4.69) is 6.07 Å². The summed E-state index contributed by atoms with van der Waals surface area (Å²) in [5, 5.41) is 8.64. The molecule has 0 heterocycles. The van der Waals surface area contributed by atoms with Crippen molar-refractivity contribution in [1.82, 2.24) is 0 Å². The maximum absolute atomic E-state index is 11.1. The molecule has 0 saturated carbocycles. The maximum Gasteiger partial charge on any atom is 0.305 e. The molecule has 1 atom stereocenters. The van der Waals surface area contributed by atoms with Crippen molar-refractivity contribution in [3.05, 3.63) is 0 Å². The van der Waals surface area contributed by atoms with Crippen LogP contribution < -0.4 is 0 Å². The highest BCUT2D eigenvalue weighted by Crippen LogP contribution is 2.30. The second kappa shape index (κ2) is 6.42. The summed E-state index contributed by atoms with van der Waals surface area (Å²) >= 11 is 0. The van der Waals surface area contributed by atoms with Crippen molar-refractivity contribution in [2.24, 2.45) is 5.41 Å². The van der Waals surface area contributed by atoms with Gasteiger partial charge in [-0.1, -0.05) is 13.8 Å². The number of carbonyl (C=O) groups excluding carboxylic acids is 1. The van der Waals surface area contributed by atoms with Gasteiger partial charge in [0.2, 0.25) is 0 Å². The third-order valence-electron chi connectivity index (χ3n) is 2.60. The van der Waals surface area contributed by atoms with Gasteiger partial charge in [-0.15, -0.1) is 0 Å². The van der Waals surface area contributed by atoms with Gasteiger partial charge in [0.1, 0.15) is 0 Å². The Morgan fingerprint density at radius 2 is 2.14 bits per heavy atom. The molecule has 0 bridgehead atoms. The van der Waals surface area contributed by atoms with Crippen LogP contribution in [0.15, 0.2) is 0 Å². The van der Waals surface area contributed by atoms with Crippen molar-refractivity contribution in [2.45, 2.75) is 46.5 Å². The fourth-order valence-corrected chi connectivity index (χ4v) is 1.22. The number of hydrogen-bond acceptors (Lipinski definition) is 3. The van der Waals surface area contributed by atoms with Gasteiger partial charge >= 0.3 is 5.97 Å². The van der Waals surface area contributed by atoms with Gasteiger partial charge < -0.3 is 4.74 Å². The molecule has 3 nitrogen and oxygen atoms in total. The number of rotatable bonds is 6. The summed E-state index contributed by atoms with van der Waals surface area (Å²) in [6.45, 7) is 6.31. The topological polar surface area (TPSA) is 50.1 Å². The Kier molecular flexibility index (Phi) is 5.94. The van der Waals surface area contributed by atoms with Crippen LogP contribution in [0.25, 0.3) is 0 Å². The fourth-order valence-electron chi connectivity index (χ4n) is 1.22. The van der Waals surface area contributed by atoms with E-state index in [0.29, 0.717) is 19.4 Å². The highest BCUT2D eigenvalue weighted by Gasteiger charge is 2.22. The Bertz CT molecular complexity index is 220. The van der Waals surface area contributed by atoms with Crippen molar-refractivity contribution < 1.29 is 9.53 Å². The van der Waals surface area contributed by atoms with E-state index in [1.165, 1.54) is 0 Å². The first-order chi connectivity index (χ1) is 6.58. The maximum atomic E-state index is 11.1. The molecule has 0 rings (SSSR count). The summed E-state index contributed by atoms with van der Waals surface area (Å²) < 4.78 is 4.84. The molecule has 0 aromatic carbocycles. The van der Waals surface area contributed by atoms with E-state index >= 15 is 0 Å². The Morgan fingerprint density at radius 3 is 2.57 bits per heavy atom. The molecule has 0 aliphatic heterocycles. The molecule has 0 fully saturated rings. The molecule has 14 heavy (non-hydrogen) atoms. The standard InChI is InChI=1S/C11H19NO2/c1-4-11(3,8-9-12)7-6-10(13)14-5-2/h4-8H2,1-3H3. The Morgan fingerprint density at radius 1 is 1.50 bits per heavy atom. The SMILES string of the molecule is CCOC(=O)CCC(C)(CC)CC#N. The van der Waals surface area contributed by atoms with Crippen molar-refractivity contribution in [2.75, 3.05) is 6.61 Å². The zero-order chi connectivity index (χ0) is 11.0. The van der Waals surface area contributed by atoms with E-state index in [4.69, 9.17) is 10.00 Å². The lowest BCUT2D eigenvalue weighted by molar-refractivity contribution is -0.143. The monoisotopic (exact) mass is 197 g/mol. The zero-order valence-electron chi connectivity index (χ0n) is 9.30. The molecule has 0 N–H and O–H groups in total. The van der Waals surface area contributed by atoms with Crippen LogP contribution in [0.3, 0.4) is 0 Å². The fraction of sp³-hybridized carbons (Fsp3) is 0.818. The van der Waals surface area contributed by atoms with Crippen LogP contribution in [0.2, 0.25) is 0 Å². The Hall–Kier alpha value is -1.04. The van der Waals surface area contributed by atoms with Crippen LogP contribution in [0, 0.1) is 16.7 Å². The predicted molar refractivity (Wildman–Crippen MR) is 54.5 cm³/mol. The van der Waals surface area contributed by atoms with Gasteiger partial charge in [-0.2, -0.15) is 5.26 Å². The van der Waals surface area contributed by atoms with Crippen LogP contribution in [-0.4, -0.2) is 12.6 Å². The molecule has 0 aliphatic carbocycles. The first kappa shape index (κ1) is 13.0. The summed E-state index contributed by atoms with van der Waals surface area (Å²) in [5.41, 5.74) is -0.0402. The van der Waals surface area contributed by atoms with E-state index in [1.807, 2.05) is 13.8 Å². The van der Waals surface area contributed by atoms with E-state index in [-0.39, 0.29) is 11.4 Å². The van der Waals surface area contributed by atoms with Gasteiger partial charge in [0.25, 0.3) is 0 Å². The molecule has 0 amide bonds. The first-order valence-electron chi connectivity index (χ1n) is 5.10. The minimum absolute atomic E-state index is 0.0402. The largest absolute Gasteiger partial charge is 0.466 e. The highest BCUT2D eigenvalue weighted by molar-refractivity contribution is 5.69. The minimum atomic E-state index is -0.162. The van der Waals surface area contributed by atoms with Gasteiger partial charge in [0.15, 0.2) is 0 Å². The van der Waals surface area contributed by atoms with Crippen LogP contribution in [0.4, 0.5) is 0 Å². The van der Waals surface area contributed by atoms with Crippen LogP contribution in [0.5, 0.6) is 0 Å². The number of carbonyl (C=O) groups is 1. The quantitative estimate of drug-likeness (QED) is 0.615. The lowest BCUT2D eigenvalue weighted by atomic mass is 9.80. The second-order valence-corrected chi connectivity index (χ2v) is 3.80. The molecule has 0 aromatic heterocycles. The Balaban J connectivity index is 3.95. The molecule has 0 aromatic rings. The lowest BCUT2D eigenvalue weighted by Gasteiger charge is -2.24. The van der Waals surface area contributed by atoms with Crippen LogP contribution in [0.1, 0.15) is 46.5 Å². The van der Waals surface area contributed by atoms with Crippen molar-refractivity contribution in [1.29, 1.82) is 5.26 Å². The third-order valence-corrected chi connectivity index (χ3v) is 2.60. The number of esters is 1. The number of ether oxygens (including phenoxy) is 1. The number of nitrogens with zero attached hydrogens (tertiary/aromatic N) is 1. The normalized spacial score (nSPS) is 14.1. The van der Waals surface area contributed by atoms with Crippen molar-refractivity contribution in [3.63, 3.8) is 0 Å². The molecule has 80 valence electrons. The average molecular weight is 197 g/mol. The molecule has 3 heteroatoms. The van der Waals surface area contributed by atoms with Gasteiger partial charge in [-0.3, -0.25) is 4.79 Å².